The van der Waals surface area contributed by atoms with Crippen LogP contribution in [0.5, 0.6) is 0 Å². The average molecular weight is 473 g/mol. The molecule has 0 aliphatic heterocycles. The van der Waals surface area contributed by atoms with Gasteiger partial charge in [0.25, 0.3) is 0 Å². The Bertz CT molecular complexity index is 1170. The molecule has 1 aromatic heterocycles. The molecule has 0 saturated carbocycles. The number of nitrogens with zero attached hydrogens (tertiary/aromatic N) is 1. The molecule has 2 aromatic carbocycles. The Labute approximate surface area is 181 Å². The number of carbonyl (C=O) groups excluding carboxylic acids is 1. The maximum absolute atomic E-state index is 13.1. The summed E-state index contributed by atoms with van der Waals surface area (Å²) < 4.78 is 71.2. The zero-order valence-electron chi connectivity index (χ0n) is 15.8. The van der Waals surface area contributed by atoms with Crippen molar-refractivity contribution in [2.24, 2.45) is 0 Å². The molecular weight excluding hydrogens is 457 g/mol. The minimum absolute atomic E-state index is 0.209. The van der Waals surface area contributed by atoms with Gasteiger partial charge in [0.1, 0.15) is 5.76 Å². The van der Waals surface area contributed by atoms with Gasteiger partial charge in [0.05, 0.1) is 40.5 Å². The SMILES string of the molecule is O=C(CN(Cc1ccco1)S(=O)(=O)c1cccc(C(F)(F)F)c1)Nc1ccccc1Cl. The molecule has 3 aromatic rings. The molecule has 1 N–H and O–H groups in total. The second-order valence-electron chi connectivity index (χ2n) is 6.41. The van der Waals surface area contributed by atoms with Gasteiger partial charge in [-0.2, -0.15) is 17.5 Å². The highest BCUT2D eigenvalue weighted by Gasteiger charge is 2.34. The summed E-state index contributed by atoms with van der Waals surface area (Å²) in [6.45, 7) is -1.04. The first-order chi connectivity index (χ1) is 14.6. The molecule has 3 rings (SSSR count). The van der Waals surface area contributed by atoms with E-state index in [9.17, 15) is 26.4 Å². The van der Waals surface area contributed by atoms with E-state index < -0.39 is 39.1 Å². The van der Waals surface area contributed by atoms with E-state index in [1.165, 1.54) is 30.5 Å². The lowest BCUT2D eigenvalue weighted by Crippen LogP contribution is -2.37. The van der Waals surface area contributed by atoms with E-state index in [4.69, 9.17) is 16.0 Å². The van der Waals surface area contributed by atoms with Crippen LogP contribution in [0.3, 0.4) is 0 Å². The molecule has 31 heavy (non-hydrogen) atoms. The quantitative estimate of drug-likeness (QED) is 0.536. The van der Waals surface area contributed by atoms with Gasteiger partial charge in [-0.15, -0.1) is 0 Å². The fourth-order valence-electron chi connectivity index (χ4n) is 2.70. The number of halogens is 4. The standard InChI is InChI=1S/C20H16ClF3N2O4S/c21-17-8-1-2-9-18(17)25-19(27)13-26(12-15-6-4-10-30-15)31(28,29)16-7-3-5-14(11-16)20(22,23)24/h1-11H,12-13H2,(H,25,27). The van der Waals surface area contributed by atoms with Crippen molar-refractivity contribution in [3.05, 3.63) is 83.3 Å². The number of alkyl halides is 3. The lowest BCUT2D eigenvalue weighted by Gasteiger charge is -2.21. The van der Waals surface area contributed by atoms with Gasteiger partial charge in [-0.1, -0.05) is 29.8 Å². The van der Waals surface area contributed by atoms with Gasteiger partial charge in [-0.25, -0.2) is 8.42 Å². The number of rotatable bonds is 7. The number of benzene rings is 2. The van der Waals surface area contributed by atoms with Crippen LogP contribution in [0, 0.1) is 0 Å². The van der Waals surface area contributed by atoms with Gasteiger partial charge in [-0.3, -0.25) is 4.79 Å². The topological polar surface area (TPSA) is 79.6 Å². The van der Waals surface area contributed by atoms with Gasteiger partial charge in [0, 0.05) is 0 Å². The van der Waals surface area contributed by atoms with Crippen LogP contribution >= 0.6 is 11.6 Å². The van der Waals surface area contributed by atoms with Gasteiger partial charge >= 0.3 is 6.18 Å². The number of nitrogens with one attached hydrogen (secondary N) is 1. The Hall–Kier alpha value is -2.82. The predicted molar refractivity (Wildman–Crippen MR) is 108 cm³/mol. The fourth-order valence-corrected chi connectivity index (χ4v) is 4.29. The molecule has 1 heterocycles. The van der Waals surface area contributed by atoms with Crippen molar-refractivity contribution < 1.29 is 30.8 Å². The van der Waals surface area contributed by atoms with E-state index >= 15 is 0 Å². The van der Waals surface area contributed by atoms with E-state index in [2.05, 4.69) is 5.32 Å². The molecule has 0 spiro atoms. The Morgan fingerprint density at radius 1 is 1.06 bits per heavy atom. The number of hydrogen-bond donors (Lipinski definition) is 1. The molecule has 0 unspecified atom stereocenters. The highest BCUT2D eigenvalue weighted by Crippen LogP contribution is 2.31. The third-order valence-electron chi connectivity index (χ3n) is 4.18. The number of para-hydroxylation sites is 1. The highest BCUT2D eigenvalue weighted by atomic mass is 35.5. The van der Waals surface area contributed by atoms with Crippen LogP contribution in [0.4, 0.5) is 18.9 Å². The van der Waals surface area contributed by atoms with Crippen molar-refractivity contribution in [3.63, 3.8) is 0 Å². The van der Waals surface area contributed by atoms with Crippen LogP contribution in [-0.4, -0.2) is 25.2 Å². The second kappa shape index (κ2) is 9.13. The van der Waals surface area contributed by atoms with Crippen molar-refractivity contribution in [2.75, 3.05) is 11.9 Å². The molecule has 164 valence electrons. The van der Waals surface area contributed by atoms with Crippen LogP contribution in [0.1, 0.15) is 11.3 Å². The largest absolute Gasteiger partial charge is 0.468 e. The number of sulfonamides is 1. The summed E-state index contributed by atoms with van der Waals surface area (Å²) in [5, 5.41) is 2.74. The van der Waals surface area contributed by atoms with E-state index in [1.54, 1.807) is 12.1 Å². The first-order valence-corrected chi connectivity index (χ1v) is 10.6. The van der Waals surface area contributed by atoms with Gasteiger partial charge in [-0.05, 0) is 42.5 Å². The number of carbonyl (C=O) groups is 1. The number of amides is 1. The number of anilines is 1. The lowest BCUT2D eigenvalue weighted by molar-refractivity contribution is -0.137. The molecule has 0 saturated heterocycles. The molecule has 1 amide bonds. The molecule has 0 fully saturated rings. The Kier molecular flexibility index (Phi) is 6.73. The third-order valence-corrected chi connectivity index (χ3v) is 6.30. The highest BCUT2D eigenvalue weighted by molar-refractivity contribution is 7.89. The van der Waals surface area contributed by atoms with Crippen molar-refractivity contribution in [1.82, 2.24) is 4.31 Å². The summed E-state index contributed by atoms with van der Waals surface area (Å²) in [6, 6.07) is 12.7. The summed E-state index contributed by atoms with van der Waals surface area (Å²) in [5.41, 5.74) is -0.851. The predicted octanol–water partition coefficient (Wildman–Crippen LogP) is 4.78. The molecule has 0 radical (unpaired) electrons. The average Bonchev–Trinajstić information content (AvgIpc) is 3.22. The zero-order chi connectivity index (χ0) is 22.6. The first-order valence-electron chi connectivity index (χ1n) is 8.81. The lowest BCUT2D eigenvalue weighted by atomic mass is 10.2. The van der Waals surface area contributed by atoms with E-state index in [1.807, 2.05) is 0 Å². The Balaban J connectivity index is 1.91. The Morgan fingerprint density at radius 3 is 2.45 bits per heavy atom. The molecule has 6 nitrogen and oxygen atoms in total. The molecule has 0 atom stereocenters. The van der Waals surface area contributed by atoms with Crippen LogP contribution in [0.15, 0.2) is 76.2 Å². The zero-order valence-corrected chi connectivity index (χ0v) is 17.3. The summed E-state index contributed by atoms with van der Waals surface area (Å²) in [4.78, 5) is 11.9. The van der Waals surface area contributed by atoms with Crippen molar-refractivity contribution >= 4 is 33.2 Å². The van der Waals surface area contributed by atoms with Gasteiger partial charge in [0.2, 0.25) is 15.9 Å². The smallest absolute Gasteiger partial charge is 0.416 e. The molecule has 0 aliphatic carbocycles. The maximum Gasteiger partial charge on any atom is 0.416 e. The van der Waals surface area contributed by atoms with E-state index in [0.717, 1.165) is 22.5 Å². The van der Waals surface area contributed by atoms with E-state index in [-0.39, 0.29) is 23.0 Å². The minimum atomic E-state index is -4.72. The van der Waals surface area contributed by atoms with Crippen molar-refractivity contribution in [1.29, 1.82) is 0 Å². The summed E-state index contributed by atoms with van der Waals surface area (Å²) in [7, 11) is -4.48. The molecular formula is C20H16ClF3N2O4S. The van der Waals surface area contributed by atoms with E-state index in [0.29, 0.717) is 6.07 Å². The molecule has 0 aliphatic rings. The Morgan fingerprint density at radius 2 is 1.81 bits per heavy atom. The normalized spacial score (nSPS) is 12.2. The van der Waals surface area contributed by atoms with Gasteiger partial charge < -0.3 is 9.73 Å². The monoisotopic (exact) mass is 472 g/mol. The minimum Gasteiger partial charge on any atom is -0.468 e. The molecule has 11 heteroatoms. The van der Waals surface area contributed by atoms with Crippen LogP contribution in [0.2, 0.25) is 5.02 Å². The summed E-state index contributed by atoms with van der Waals surface area (Å²) >= 11 is 6.00. The maximum atomic E-state index is 13.1. The van der Waals surface area contributed by atoms with Crippen molar-refractivity contribution in [3.8, 4) is 0 Å². The number of hydrogen-bond acceptors (Lipinski definition) is 4. The fraction of sp³-hybridized carbons (Fsp3) is 0.150. The van der Waals surface area contributed by atoms with Crippen LogP contribution < -0.4 is 5.32 Å². The van der Waals surface area contributed by atoms with Gasteiger partial charge in [0.15, 0.2) is 0 Å². The van der Waals surface area contributed by atoms with Crippen LogP contribution in [-0.2, 0) is 27.5 Å². The van der Waals surface area contributed by atoms with Crippen molar-refractivity contribution in [2.45, 2.75) is 17.6 Å². The summed E-state index contributed by atoms with van der Waals surface area (Å²) in [6.07, 6.45) is -3.41. The first kappa shape index (κ1) is 22.9. The van der Waals surface area contributed by atoms with Crippen LogP contribution in [0.25, 0.3) is 0 Å². The molecule has 0 bridgehead atoms. The third kappa shape index (κ3) is 5.66. The number of furan rings is 1. The second-order valence-corrected chi connectivity index (χ2v) is 8.75. The summed E-state index contributed by atoms with van der Waals surface area (Å²) in [5.74, 6) is -0.517.